The van der Waals surface area contributed by atoms with E-state index in [-0.39, 0.29) is 0 Å². The summed E-state index contributed by atoms with van der Waals surface area (Å²) in [4.78, 5) is 2.31. The van der Waals surface area contributed by atoms with Gasteiger partial charge in [-0.15, -0.1) is 0 Å². The fourth-order valence-corrected chi connectivity index (χ4v) is 9.60. The molecule has 3 heterocycles. The molecule has 0 unspecified atom stereocenters. The predicted octanol–water partition coefficient (Wildman–Crippen LogP) is 17.0. The molecule has 3 aromatic heterocycles. The highest BCUT2D eigenvalue weighted by Gasteiger charge is 2.21. The topological polar surface area (TPSA) is 42.7 Å². The Balaban J connectivity index is 0.948. The van der Waals surface area contributed by atoms with Crippen molar-refractivity contribution in [3.63, 3.8) is 0 Å². The van der Waals surface area contributed by atoms with Gasteiger partial charge < -0.3 is 18.2 Å². The van der Waals surface area contributed by atoms with Crippen LogP contribution in [-0.4, -0.2) is 0 Å². The van der Waals surface area contributed by atoms with Crippen molar-refractivity contribution in [2.24, 2.45) is 0 Å². The summed E-state index contributed by atoms with van der Waals surface area (Å²) in [5.74, 6) is 0. The smallest absolute Gasteiger partial charge is 0.143 e. The van der Waals surface area contributed by atoms with Crippen LogP contribution < -0.4 is 4.90 Å². The van der Waals surface area contributed by atoms with Gasteiger partial charge in [0.15, 0.2) is 0 Å². The molecular weight excluding hydrogens is 759 g/mol. The van der Waals surface area contributed by atoms with Gasteiger partial charge in [0, 0.05) is 72.0 Å². The third kappa shape index (κ3) is 5.33. The first-order chi connectivity index (χ1) is 30.7. The molecule has 0 spiro atoms. The van der Waals surface area contributed by atoms with E-state index in [2.05, 4.69) is 193 Å². The van der Waals surface area contributed by atoms with Crippen LogP contribution in [0.3, 0.4) is 0 Å². The second-order valence-electron chi connectivity index (χ2n) is 16.0. The largest absolute Gasteiger partial charge is 0.456 e. The standard InChI is InChI=1S/C58H35NO3/c1-2-11-36(12-3-1)37-23-28-40(29-24-37)59(42-32-33-46-44-14-4-6-21-51(44)60-54(46)35-42)41-30-25-38(26-31-41)43-16-8-13-39-27-34-53-56(55(39)43)50-20-10-19-49(58(50)62-53)48-18-9-17-47-45-15-5-7-22-52(45)61-57(47)48/h1-35H. The van der Waals surface area contributed by atoms with Crippen LogP contribution in [0.15, 0.2) is 226 Å². The van der Waals surface area contributed by atoms with E-state index < -0.39 is 0 Å². The van der Waals surface area contributed by atoms with E-state index in [1.54, 1.807) is 0 Å². The highest BCUT2D eigenvalue weighted by Crippen LogP contribution is 2.46. The van der Waals surface area contributed by atoms with Gasteiger partial charge in [0.25, 0.3) is 0 Å². The molecule has 0 amide bonds. The lowest BCUT2D eigenvalue weighted by atomic mass is 9.93. The Kier molecular flexibility index (Phi) is 7.57. The summed E-state index contributed by atoms with van der Waals surface area (Å²) in [7, 11) is 0. The van der Waals surface area contributed by atoms with Crippen molar-refractivity contribution >= 4 is 93.7 Å². The highest BCUT2D eigenvalue weighted by atomic mass is 16.3. The van der Waals surface area contributed by atoms with Gasteiger partial charge in [0.2, 0.25) is 0 Å². The molecule has 13 aromatic rings. The van der Waals surface area contributed by atoms with Crippen LogP contribution in [0.1, 0.15) is 0 Å². The maximum atomic E-state index is 6.84. The van der Waals surface area contributed by atoms with Gasteiger partial charge in [-0.3, -0.25) is 0 Å². The number of para-hydroxylation sites is 4. The number of fused-ring (bicyclic) bond motifs is 11. The first-order valence-electron chi connectivity index (χ1n) is 21.0. The van der Waals surface area contributed by atoms with E-state index in [1.165, 1.54) is 16.5 Å². The number of nitrogens with zero attached hydrogens (tertiary/aromatic N) is 1. The Bertz CT molecular complexity index is 3850. The second kappa shape index (κ2) is 13.6. The third-order valence-corrected chi connectivity index (χ3v) is 12.5. The summed E-state index contributed by atoms with van der Waals surface area (Å²) in [6.07, 6.45) is 0. The Morgan fingerprint density at radius 1 is 0.274 bits per heavy atom. The van der Waals surface area contributed by atoms with Crippen LogP contribution >= 0.6 is 0 Å². The van der Waals surface area contributed by atoms with Crippen LogP contribution in [0.5, 0.6) is 0 Å². The van der Waals surface area contributed by atoms with Gasteiger partial charge in [-0.1, -0.05) is 152 Å². The lowest BCUT2D eigenvalue weighted by Crippen LogP contribution is -2.09. The Morgan fingerprint density at radius 3 is 1.56 bits per heavy atom. The van der Waals surface area contributed by atoms with Crippen LogP contribution in [0.2, 0.25) is 0 Å². The van der Waals surface area contributed by atoms with Crippen molar-refractivity contribution in [2.75, 3.05) is 4.90 Å². The normalized spacial score (nSPS) is 11.9. The van der Waals surface area contributed by atoms with E-state index >= 15 is 0 Å². The lowest BCUT2D eigenvalue weighted by Gasteiger charge is -2.26. The number of furan rings is 3. The fraction of sp³-hybridized carbons (Fsp3) is 0. The van der Waals surface area contributed by atoms with Crippen LogP contribution in [0, 0.1) is 0 Å². The molecule has 0 saturated carbocycles. The molecule has 4 nitrogen and oxygen atoms in total. The second-order valence-corrected chi connectivity index (χ2v) is 16.0. The van der Waals surface area contributed by atoms with Crippen molar-refractivity contribution in [3.8, 4) is 33.4 Å². The molecule has 0 saturated heterocycles. The summed E-state index contributed by atoms with van der Waals surface area (Å²) in [6, 6.07) is 74.9. The maximum absolute atomic E-state index is 6.84. The van der Waals surface area contributed by atoms with Crippen molar-refractivity contribution < 1.29 is 13.3 Å². The van der Waals surface area contributed by atoms with E-state index in [0.29, 0.717) is 0 Å². The minimum Gasteiger partial charge on any atom is -0.456 e. The average molecular weight is 794 g/mol. The molecule has 13 rings (SSSR count). The van der Waals surface area contributed by atoms with Gasteiger partial charge in [-0.05, 0) is 82.2 Å². The zero-order chi connectivity index (χ0) is 40.7. The fourth-order valence-electron chi connectivity index (χ4n) is 9.60. The van der Waals surface area contributed by atoms with Gasteiger partial charge in [0.1, 0.15) is 33.5 Å². The maximum Gasteiger partial charge on any atom is 0.143 e. The number of hydrogen-bond acceptors (Lipinski definition) is 4. The number of rotatable bonds is 6. The molecule has 0 aliphatic rings. The van der Waals surface area contributed by atoms with E-state index in [9.17, 15) is 0 Å². The molecule has 10 aromatic carbocycles. The monoisotopic (exact) mass is 793 g/mol. The molecular formula is C58H35NO3. The molecule has 62 heavy (non-hydrogen) atoms. The number of benzene rings is 10. The minimum absolute atomic E-state index is 0.850. The first kappa shape index (κ1) is 34.5. The summed E-state index contributed by atoms with van der Waals surface area (Å²) in [6.45, 7) is 0. The zero-order valence-electron chi connectivity index (χ0n) is 33.4. The summed E-state index contributed by atoms with van der Waals surface area (Å²) >= 11 is 0. The number of anilines is 3. The Morgan fingerprint density at radius 2 is 0.806 bits per heavy atom. The summed E-state index contributed by atoms with van der Waals surface area (Å²) < 4.78 is 19.7. The van der Waals surface area contributed by atoms with E-state index in [1.807, 2.05) is 24.3 Å². The van der Waals surface area contributed by atoms with Crippen LogP contribution in [-0.2, 0) is 0 Å². The summed E-state index contributed by atoms with van der Waals surface area (Å²) in [5.41, 5.74) is 15.0. The summed E-state index contributed by atoms with van der Waals surface area (Å²) in [5, 5.41) is 8.93. The molecule has 4 heteroatoms. The molecule has 0 atom stereocenters. The van der Waals surface area contributed by atoms with Gasteiger partial charge in [0.05, 0.1) is 0 Å². The van der Waals surface area contributed by atoms with Crippen LogP contribution in [0.25, 0.3) is 110 Å². The Hall–Kier alpha value is -8.34. The molecule has 0 bridgehead atoms. The average Bonchev–Trinajstić information content (AvgIpc) is 4.04. The Labute approximate surface area is 356 Å². The van der Waals surface area contributed by atoms with Crippen molar-refractivity contribution in [2.45, 2.75) is 0 Å². The molecule has 0 radical (unpaired) electrons. The SMILES string of the molecule is c1ccc(-c2ccc(N(c3ccc(-c4cccc5ccc6oc7c(-c8cccc9c8oc8ccccc89)cccc7c6c45)cc3)c3ccc4c(c3)oc3ccccc34)cc2)cc1. The number of hydrogen-bond donors (Lipinski definition) is 0. The molecule has 290 valence electrons. The minimum atomic E-state index is 0.850. The van der Waals surface area contributed by atoms with Crippen molar-refractivity contribution in [1.29, 1.82) is 0 Å². The quantitative estimate of drug-likeness (QED) is 0.168. The molecule has 0 aliphatic carbocycles. The molecule has 0 N–H and O–H groups in total. The zero-order valence-corrected chi connectivity index (χ0v) is 33.4. The molecule has 0 aliphatic heterocycles. The first-order valence-corrected chi connectivity index (χ1v) is 21.0. The van der Waals surface area contributed by atoms with Gasteiger partial charge >= 0.3 is 0 Å². The highest BCUT2D eigenvalue weighted by molar-refractivity contribution is 6.25. The lowest BCUT2D eigenvalue weighted by molar-refractivity contribution is 0.665. The van der Waals surface area contributed by atoms with Crippen LogP contribution in [0.4, 0.5) is 17.1 Å². The molecule has 0 fully saturated rings. The van der Waals surface area contributed by atoms with E-state index in [4.69, 9.17) is 13.3 Å². The van der Waals surface area contributed by atoms with Crippen molar-refractivity contribution in [3.05, 3.63) is 212 Å². The third-order valence-electron chi connectivity index (χ3n) is 12.5. The van der Waals surface area contributed by atoms with Crippen molar-refractivity contribution in [1.82, 2.24) is 0 Å². The predicted molar refractivity (Wildman–Crippen MR) is 257 cm³/mol. The van der Waals surface area contributed by atoms with E-state index in [0.717, 1.165) is 111 Å². The van der Waals surface area contributed by atoms with Gasteiger partial charge in [-0.2, -0.15) is 0 Å². The van der Waals surface area contributed by atoms with Gasteiger partial charge in [-0.25, -0.2) is 0 Å².